The van der Waals surface area contributed by atoms with Crippen LogP contribution in [0.4, 0.5) is 4.39 Å². The summed E-state index contributed by atoms with van der Waals surface area (Å²) in [5.74, 6) is -5.94. The van der Waals surface area contributed by atoms with Gasteiger partial charge in [0, 0.05) is 11.8 Å². The largest absolute Gasteiger partial charge is 0.479 e. The molecule has 2 fully saturated rings. The molecule has 2 aliphatic carbocycles. The third-order valence-corrected chi connectivity index (χ3v) is 4.14. The first kappa shape index (κ1) is 13.7. The number of amides is 1. The maximum atomic E-state index is 14.2. The van der Waals surface area contributed by atoms with Crippen molar-refractivity contribution in [3.63, 3.8) is 0 Å². The number of carboxylic acid groups (broad SMARTS) is 2. The van der Waals surface area contributed by atoms with E-state index in [2.05, 4.69) is 5.32 Å². The van der Waals surface area contributed by atoms with Crippen LogP contribution in [0, 0.1) is 11.8 Å². The first-order valence-electron chi connectivity index (χ1n) is 5.91. The fourth-order valence-corrected chi connectivity index (χ4v) is 3.10. The molecule has 0 heterocycles. The van der Waals surface area contributed by atoms with Crippen molar-refractivity contribution in [2.24, 2.45) is 17.6 Å². The highest BCUT2D eigenvalue weighted by Crippen LogP contribution is 2.67. The minimum Gasteiger partial charge on any atom is -0.479 e. The maximum Gasteiger partial charge on any atom is 0.342 e. The van der Waals surface area contributed by atoms with Gasteiger partial charge in [0.05, 0.1) is 6.04 Å². The summed E-state index contributed by atoms with van der Waals surface area (Å²) >= 11 is 0. The summed E-state index contributed by atoms with van der Waals surface area (Å²) in [5.41, 5.74) is 0.904. The Morgan fingerprint density at radius 3 is 2.32 bits per heavy atom. The smallest absolute Gasteiger partial charge is 0.342 e. The van der Waals surface area contributed by atoms with Crippen LogP contribution in [0.25, 0.3) is 0 Å². The molecule has 0 bridgehead atoms. The van der Waals surface area contributed by atoms with Crippen molar-refractivity contribution >= 4 is 17.8 Å². The van der Waals surface area contributed by atoms with E-state index >= 15 is 0 Å². The number of aliphatic carboxylic acids is 2. The van der Waals surface area contributed by atoms with E-state index in [0.717, 1.165) is 0 Å². The molecule has 0 spiro atoms. The van der Waals surface area contributed by atoms with Gasteiger partial charge in [0.25, 0.3) is 0 Å². The van der Waals surface area contributed by atoms with E-state index in [1.165, 1.54) is 6.92 Å². The van der Waals surface area contributed by atoms with Crippen molar-refractivity contribution in [2.45, 2.75) is 37.0 Å². The quantitative estimate of drug-likeness (QED) is 0.526. The summed E-state index contributed by atoms with van der Waals surface area (Å²) in [6.07, 6.45) is 0.119. The minimum atomic E-state index is -2.57. The minimum absolute atomic E-state index is 0.00900. The second-order valence-corrected chi connectivity index (χ2v) is 5.25. The van der Waals surface area contributed by atoms with E-state index in [-0.39, 0.29) is 12.8 Å². The van der Waals surface area contributed by atoms with Crippen LogP contribution >= 0.6 is 0 Å². The van der Waals surface area contributed by atoms with E-state index in [4.69, 9.17) is 10.8 Å². The van der Waals surface area contributed by atoms with Gasteiger partial charge in [0.2, 0.25) is 11.6 Å². The second-order valence-electron chi connectivity index (χ2n) is 5.25. The average molecular weight is 274 g/mol. The lowest BCUT2D eigenvalue weighted by atomic mass is 9.89. The Morgan fingerprint density at radius 1 is 1.37 bits per heavy atom. The predicted molar refractivity (Wildman–Crippen MR) is 59.8 cm³/mol. The zero-order valence-corrected chi connectivity index (χ0v) is 10.2. The highest BCUT2D eigenvalue weighted by molar-refractivity contribution is 5.94. The monoisotopic (exact) mass is 274 g/mol. The highest BCUT2D eigenvalue weighted by atomic mass is 19.1. The van der Waals surface area contributed by atoms with E-state index < -0.39 is 46.9 Å². The summed E-state index contributed by atoms with van der Waals surface area (Å²) in [7, 11) is 0. The Kier molecular flexibility index (Phi) is 2.81. The van der Waals surface area contributed by atoms with Crippen molar-refractivity contribution in [1.29, 1.82) is 0 Å². The fraction of sp³-hybridized carbons (Fsp3) is 0.727. The highest BCUT2D eigenvalue weighted by Gasteiger charge is 2.83. The SMILES string of the molecule is C[C@@H](N)C(=O)N[C@@]1(C(=O)O)CC[C@@H]2[C@H]1[C@@]2(F)C(=O)O. The second kappa shape index (κ2) is 3.89. The van der Waals surface area contributed by atoms with Crippen molar-refractivity contribution in [3.8, 4) is 0 Å². The van der Waals surface area contributed by atoms with Gasteiger partial charge in [-0.25, -0.2) is 14.0 Å². The Balaban J connectivity index is 2.31. The summed E-state index contributed by atoms with van der Waals surface area (Å²) in [6.45, 7) is 1.37. The molecule has 0 aromatic rings. The van der Waals surface area contributed by atoms with Gasteiger partial charge in [-0.15, -0.1) is 0 Å². The molecular weight excluding hydrogens is 259 g/mol. The molecule has 0 aromatic carbocycles. The van der Waals surface area contributed by atoms with Crippen LogP contribution in [0.2, 0.25) is 0 Å². The topological polar surface area (TPSA) is 130 Å². The Bertz CT molecular complexity index is 468. The van der Waals surface area contributed by atoms with Crippen molar-refractivity contribution in [2.75, 3.05) is 0 Å². The molecule has 106 valence electrons. The van der Waals surface area contributed by atoms with Gasteiger partial charge in [-0.3, -0.25) is 4.79 Å². The molecule has 0 aliphatic heterocycles. The van der Waals surface area contributed by atoms with Gasteiger partial charge in [-0.2, -0.15) is 0 Å². The van der Waals surface area contributed by atoms with Crippen LogP contribution in [0.5, 0.6) is 0 Å². The lowest BCUT2D eigenvalue weighted by Gasteiger charge is -2.30. The first-order chi connectivity index (χ1) is 8.68. The van der Waals surface area contributed by atoms with E-state index in [1.807, 2.05) is 0 Å². The molecule has 2 aliphatic rings. The number of carbonyl (C=O) groups is 3. The predicted octanol–water partition coefficient (Wildman–Crippen LogP) is -0.894. The molecule has 8 heteroatoms. The third kappa shape index (κ3) is 1.62. The number of carboxylic acids is 2. The van der Waals surface area contributed by atoms with E-state index in [1.54, 1.807) is 0 Å². The molecule has 2 rings (SSSR count). The standard InChI is InChI=1S/C11H15FN2O5/c1-4(13)7(15)14-10(8(16)17)3-2-5-6(10)11(5,12)9(18)19/h4-6H,2-3,13H2,1H3,(H,14,15)(H,16,17)(H,18,19)/t4-,5-,6-,10+,11-/m1/s1. The number of hydrogen-bond donors (Lipinski definition) is 4. The molecule has 0 unspecified atom stereocenters. The maximum absolute atomic E-state index is 14.2. The third-order valence-electron chi connectivity index (χ3n) is 4.14. The normalized spacial score (nSPS) is 41.2. The zero-order valence-electron chi connectivity index (χ0n) is 10.2. The number of alkyl halides is 1. The first-order valence-corrected chi connectivity index (χ1v) is 5.91. The zero-order chi connectivity index (χ0) is 14.6. The van der Waals surface area contributed by atoms with Crippen molar-refractivity contribution in [3.05, 3.63) is 0 Å². The van der Waals surface area contributed by atoms with Gasteiger partial charge in [-0.05, 0) is 19.8 Å². The molecule has 7 nitrogen and oxygen atoms in total. The molecule has 0 radical (unpaired) electrons. The van der Waals surface area contributed by atoms with E-state index in [0.29, 0.717) is 0 Å². The number of halogens is 1. The van der Waals surface area contributed by atoms with Crippen LogP contribution in [0.15, 0.2) is 0 Å². The average Bonchev–Trinajstić information content (AvgIpc) is 2.73. The number of nitrogens with one attached hydrogen (secondary N) is 1. The van der Waals surface area contributed by atoms with Crippen LogP contribution in [-0.4, -0.2) is 45.3 Å². The molecule has 2 saturated carbocycles. The van der Waals surface area contributed by atoms with Crippen LogP contribution < -0.4 is 11.1 Å². The van der Waals surface area contributed by atoms with Crippen LogP contribution in [-0.2, 0) is 14.4 Å². The molecule has 19 heavy (non-hydrogen) atoms. The summed E-state index contributed by atoms with van der Waals surface area (Å²) in [5, 5.41) is 20.4. The van der Waals surface area contributed by atoms with Crippen LogP contribution in [0.3, 0.4) is 0 Å². The van der Waals surface area contributed by atoms with Crippen molar-refractivity contribution in [1.82, 2.24) is 5.32 Å². The molecule has 5 atom stereocenters. The summed E-state index contributed by atoms with van der Waals surface area (Å²) in [4.78, 5) is 33.9. The van der Waals surface area contributed by atoms with Gasteiger partial charge in [0.15, 0.2) is 0 Å². The number of rotatable bonds is 4. The van der Waals surface area contributed by atoms with Gasteiger partial charge >= 0.3 is 11.9 Å². The Hall–Kier alpha value is -1.70. The Morgan fingerprint density at radius 2 is 1.95 bits per heavy atom. The van der Waals surface area contributed by atoms with Gasteiger partial charge in [-0.1, -0.05) is 0 Å². The van der Waals surface area contributed by atoms with Gasteiger partial charge < -0.3 is 21.3 Å². The lowest BCUT2D eigenvalue weighted by Crippen LogP contribution is -2.60. The fourth-order valence-electron chi connectivity index (χ4n) is 3.10. The molecule has 5 N–H and O–H groups in total. The summed E-state index contributed by atoms with van der Waals surface area (Å²) in [6, 6.07) is -0.951. The summed E-state index contributed by atoms with van der Waals surface area (Å²) < 4.78 is 14.2. The van der Waals surface area contributed by atoms with Crippen LogP contribution in [0.1, 0.15) is 19.8 Å². The lowest BCUT2D eigenvalue weighted by molar-refractivity contribution is -0.153. The Labute approximate surface area is 108 Å². The van der Waals surface area contributed by atoms with Crippen molar-refractivity contribution < 1.29 is 29.0 Å². The molecular formula is C11H15FN2O5. The molecule has 0 aromatic heterocycles. The number of carbonyl (C=O) groups excluding carboxylic acids is 1. The van der Waals surface area contributed by atoms with Gasteiger partial charge in [0.1, 0.15) is 5.54 Å². The number of fused-ring (bicyclic) bond motifs is 1. The molecule has 0 saturated heterocycles. The molecule has 1 amide bonds. The van der Waals surface area contributed by atoms with E-state index in [9.17, 15) is 23.9 Å². The number of hydrogen-bond acceptors (Lipinski definition) is 4. The number of nitrogens with two attached hydrogens (primary N) is 1.